The van der Waals surface area contributed by atoms with Crippen LogP contribution in [0.1, 0.15) is 32.1 Å². The lowest BCUT2D eigenvalue weighted by atomic mass is 10.1. The van der Waals surface area contributed by atoms with Crippen LogP contribution in [0.5, 0.6) is 23.0 Å². The van der Waals surface area contributed by atoms with E-state index in [2.05, 4.69) is 5.32 Å². The molecule has 0 aliphatic carbocycles. The van der Waals surface area contributed by atoms with Gasteiger partial charge in [-0.05, 0) is 26.0 Å². The Bertz CT molecular complexity index is 1090. The van der Waals surface area contributed by atoms with Crippen molar-refractivity contribution < 1.29 is 23.4 Å². The van der Waals surface area contributed by atoms with Crippen LogP contribution in [-0.2, 0) is 13.0 Å². The van der Waals surface area contributed by atoms with E-state index in [0.29, 0.717) is 52.7 Å². The average molecular weight is 427 g/mol. The zero-order valence-electron chi connectivity index (χ0n) is 18.8. The van der Waals surface area contributed by atoms with E-state index in [0.717, 1.165) is 11.3 Å². The van der Waals surface area contributed by atoms with Gasteiger partial charge in [-0.1, -0.05) is 6.92 Å². The molecule has 7 heteroatoms. The van der Waals surface area contributed by atoms with E-state index < -0.39 is 0 Å². The van der Waals surface area contributed by atoms with E-state index in [1.165, 1.54) is 0 Å². The molecular weight excluding hydrogens is 398 g/mol. The van der Waals surface area contributed by atoms with Crippen LogP contribution in [-0.4, -0.2) is 27.4 Å². The number of rotatable bonds is 9. The Hall–Kier alpha value is -3.35. The van der Waals surface area contributed by atoms with E-state index in [9.17, 15) is 4.79 Å². The summed E-state index contributed by atoms with van der Waals surface area (Å²) in [6, 6.07) is 8.76. The van der Waals surface area contributed by atoms with Crippen molar-refractivity contribution in [3.8, 4) is 23.0 Å². The Morgan fingerprint density at radius 3 is 2.19 bits per heavy atom. The average Bonchev–Trinajstić information content (AvgIpc) is 2.76. The van der Waals surface area contributed by atoms with Crippen LogP contribution in [0.2, 0.25) is 0 Å². The molecule has 3 aromatic rings. The highest BCUT2D eigenvalue weighted by atomic mass is 16.5. The lowest BCUT2D eigenvalue weighted by molar-refractivity contribution is 0.240. The Morgan fingerprint density at radius 2 is 1.65 bits per heavy atom. The highest BCUT2D eigenvalue weighted by Gasteiger charge is 2.17. The molecule has 31 heavy (non-hydrogen) atoms. The standard InChI is InChI=1S/C24H29NO6/c1-7-16-12-19(26)17-8-9-20(30-14(2)3)18(23(17)31-16)13-25-15-10-21(27-4)24(29-6)22(11-15)28-5/h8-12,14,25H,7,13H2,1-6H3. The van der Waals surface area contributed by atoms with Crippen molar-refractivity contribution >= 4 is 16.7 Å². The second-order valence-electron chi connectivity index (χ2n) is 7.28. The van der Waals surface area contributed by atoms with Gasteiger partial charge in [0.15, 0.2) is 16.9 Å². The first-order valence-electron chi connectivity index (χ1n) is 10.2. The summed E-state index contributed by atoms with van der Waals surface area (Å²) in [6.45, 7) is 6.24. The lowest BCUT2D eigenvalue weighted by Gasteiger charge is -2.18. The Morgan fingerprint density at radius 1 is 0.968 bits per heavy atom. The van der Waals surface area contributed by atoms with Crippen LogP contribution in [0.4, 0.5) is 5.69 Å². The minimum absolute atomic E-state index is 0.0292. The molecule has 0 aliphatic rings. The fourth-order valence-electron chi connectivity index (χ4n) is 3.38. The summed E-state index contributed by atoms with van der Waals surface area (Å²) in [5.41, 5.74) is 1.99. The van der Waals surface area contributed by atoms with Crippen molar-refractivity contribution in [2.45, 2.75) is 39.8 Å². The Labute approximate surface area is 181 Å². The first-order chi connectivity index (χ1) is 14.9. The van der Waals surface area contributed by atoms with Crippen molar-refractivity contribution in [3.63, 3.8) is 0 Å². The SMILES string of the molecule is CCc1cc(=O)c2ccc(OC(C)C)c(CNc3cc(OC)c(OC)c(OC)c3)c2o1. The molecule has 0 saturated carbocycles. The van der Waals surface area contributed by atoms with E-state index >= 15 is 0 Å². The van der Waals surface area contributed by atoms with E-state index in [4.69, 9.17) is 23.4 Å². The highest BCUT2D eigenvalue weighted by molar-refractivity contribution is 5.82. The largest absolute Gasteiger partial charge is 0.493 e. The summed E-state index contributed by atoms with van der Waals surface area (Å²) in [6.07, 6.45) is 0.596. The monoisotopic (exact) mass is 427 g/mol. The summed E-state index contributed by atoms with van der Waals surface area (Å²) in [5.74, 6) is 2.90. The first-order valence-corrected chi connectivity index (χ1v) is 10.2. The van der Waals surface area contributed by atoms with E-state index in [1.54, 1.807) is 33.5 Å². The summed E-state index contributed by atoms with van der Waals surface area (Å²) in [4.78, 5) is 12.6. The molecule has 0 radical (unpaired) electrons. The van der Waals surface area contributed by atoms with Gasteiger partial charge in [-0.2, -0.15) is 0 Å². The number of fused-ring (bicyclic) bond motifs is 1. The van der Waals surface area contributed by atoms with Gasteiger partial charge in [-0.25, -0.2) is 0 Å². The predicted molar refractivity (Wildman–Crippen MR) is 121 cm³/mol. The number of anilines is 1. The van der Waals surface area contributed by atoms with Gasteiger partial charge in [0.05, 0.1) is 38.4 Å². The molecule has 0 saturated heterocycles. The number of nitrogens with one attached hydrogen (secondary N) is 1. The van der Waals surface area contributed by atoms with Crippen LogP contribution < -0.4 is 29.7 Å². The maximum atomic E-state index is 12.6. The molecule has 7 nitrogen and oxygen atoms in total. The predicted octanol–water partition coefficient (Wildman–Crippen LogP) is 4.78. The number of benzene rings is 2. The molecule has 166 valence electrons. The lowest BCUT2D eigenvalue weighted by Crippen LogP contribution is -2.12. The fraction of sp³-hybridized carbons (Fsp3) is 0.375. The van der Waals surface area contributed by atoms with Crippen LogP contribution in [0.3, 0.4) is 0 Å². The third-order valence-corrected chi connectivity index (χ3v) is 4.85. The van der Waals surface area contributed by atoms with Gasteiger partial charge >= 0.3 is 0 Å². The number of aryl methyl sites for hydroxylation is 1. The summed E-state index contributed by atoms with van der Waals surface area (Å²) in [7, 11) is 4.70. The van der Waals surface area contributed by atoms with Crippen LogP contribution >= 0.6 is 0 Å². The number of methoxy groups -OCH3 is 3. The molecule has 0 atom stereocenters. The van der Waals surface area contributed by atoms with Gasteiger partial charge in [0.1, 0.15) is 17.1 Å². The molecule has 0 unspecified atom stereocenters. The van der Waals surface area contributed by atoms with Gasteiger partial charge < -0.3 is 28.7 Å². The van der Waals surface area contributed by atoms with Crippen molar-refractivity contribution in [1.82, 2.24) is 0 Å². The topological polar surface area (TPSA) is 79.2 Å². The quantitative estimate of drug-likeness (QED) is 0.526. The third-order valence-electron chi connectivity index (χ3n) is 4.85. The highest BCUT2D eigenvalue weighted by Crippen LogP contribution is 2.40. The zero-order chi connectivity index (χ0) is 22.5. The second kappa shape index (κ2) is 9.64. The molecule has 0 fully saturated rings. The normalized spacial score (nSPS) is 10.9. The maximum absolute atomic E-state index is 12.6. The van der Waals surface area contributed by atoms with Crippen LogP contribution in [0, 0.1) is 0 Å². The minimum Gasteiger partial charge on any atom is -0.493 e. The van der Waals surface area contributed by atoms with Gasteiger partial charge in [0, 0.05) is 36.9 Å². The van der Waals surface area contributed by atoms with Crippen LogP contribution in [0.15, 0.2) is 39.5 Å². The minimum atomic E-state index is -0.0665. The molecule has 2 aromatic carbocycles. The summed E-state index contributed by atoms with van der Waals surface area (Å²) >= 11 is 0. The molecular formula is C24H29NO6. The van der Waals surface area contributed by atoms with E-state index in [-0.39, 0.29) is 11.5 Å². The van der Waals surface area contributed by atoms with Crippen molar-refractivity contribution in [1.29, 1.82) is 0 Å². The fourth-order valence-corrected chi connectivity index (χ4v) is 3.38. The Balaban J connectivity index is 2.07. The second-order valence-corrected chi connectivity index (χ2v) is 7.28. The smallest absolute Gasteiger partial charge is 0.203 e. The van der Waals surface area contributed by atoms with Crippen LogP contribution in [0.25, 0.3) is 11.0 Å². The Kier molecular flexibility index (Phi) is 6.95. The van der Waals surface area contributed by atoms with E-state index in [1.807, 2.05) is 39.0 Å². The van der Waals surface area contributed by atoms with Gasteiger partial charge in [0.2, 0.25) is 5.75 Å². The molecule has 0 spiro atoms. The molecule has 0 aliphatic heterocycles. The molecule has 3 rings (SSSR count). The molecule has 0 bridgehead atoms. The number of hydrogen-bond acceptors (Lipinski definition) is 7. The summed E-state index contributed by atoms with van der Waals surface area (Å²) < 4.78 is 28.3. The zero-order valence-corrected chi connectivity index (χ0v) is 18.8. The maximum Gasteiger partial charge on any atom is 0.203 e. The molecule has 1 N–H and O–H groups in total. The van der Waals surface area contributed by atoms with Crippen molar-refractivity contribution in [2.75, 3.05) is 26.6 Å². The molecule has 0 amide bonds. The van der Waals surface area contributed by atoms with Gasteiger partial charge in [-0.3, -0.25) is 4.79 Å². The van der Waals surface area contributed by atoms with Crippen molar-refractivity contribution in [2.24, 2.45) is 0 Å². The molecule has 1 aromatic heterocycles. The summed E-state index contributed by atoms with van der Waals surface area (Å²) in [5, 5.41) is 3.89. The third kappa shape index (κ3) is 4.71. The number of ether oxygens (including phenoxy) is 4. The first kappa shape index (κ1) is 22.3. The van der Waals surface area contributed by atoms with Gasteiger partial charge in [0.25, 0.3) is 0 Å². The number of hydrogen-bond donors (Lipinski definition) is 1. The molecule has 1 heterocycles. The van der Waals surface area contributed by atoms with Crippen molar-refractivity contribution in [3.05, 3.63) is 51.9 Å². The van der Waals surface area contributed by atoms with Gasteiger partial charge in [-0.15, -0.1) is 0 Å².